The van der Waals surface area contributed by atoms with E-state index in [4.69, 9.17) is 9.15 Å². The first-order valence-corrected chi connectivity index (χ1v) is 7.75. The Labute approximate surface area is 152 Å². The smallest absolute Gasteiger partial charge is 0.441 e. The number of furan rings is 1. The monoisotopic (exact) mass is 386 g/mol. The van der Waals surface area contributed by atoms with Crippen molar-refractivity contribution in [3.63, 3.8) is 0 Å². The minimum absolute atomic E-state index is 0.0964. The van der Waals surface area contributed by atoms with E-state index in [2.05, 4.69) is 4.74 Å². The molecule has 0 bridgehead atoms. The third-order valence-corrected chi connectivity index (χ3v) is 3.47. The molecule has 1 atom stereocenters. The molecule has 0 unspecified atom stereocenters. The molecule has 2 aromatic rings. The first-order chi connectivity index (χ1) is 12.7. The van der Waals surface area contributed by atoms with E-state index in [0.717, 1.165) is 12.3 Å². The van der Waals surface area contributed by atoms with Crippen LogP contribution in [0.2, 0.25) is 0 Å². The second-order valence-electron chi connectivity index (χ2n) is 5.25. The first-order valence-electron chi connectivity index (χ1n) is 7.75. The summed E-state index contributed by atoms with van der Waals surface area (Å²) >= 11 is 0. The number of benzene rings is 1. The number of hydrogen-bond acceptors (Lipinski definition) is 6. The number of esters is 1. The second kappa shape index (κ2) is 8.02. The van der Waals surface area contributed by atoms with E-state index in [1.165, 1.54) is 44.4 Å². The van der Waals surface area contributed by atoms with Crippen molar-refractivity contribution in [2.75, 3.05) is 19.0 Å². The highest BCUT2D eigenvalue weighted by atomic mass is 19.4. The predicted molar refractivity (Wildman–Crippen MR) is 88.2 cm³/mol. The zero-order valence-corrected chi connectivity index (χ0v) is 14.4. The summed E-state index contributed by atoms with van der Waals surface area (Å²) in [6.07, 6.45) is -4.12. The zero-order chi connectivity index (χ0) is 20.1. The second-order valence-corrected chi connectivity index (χ2v) is 5.25. The molecule has 2 rings (SSSR count). The molecule has 0 saturated carbocycles. The summed E-state index contributed by atoms with van der Waals surface area (Å²) in [4.78, 5) is 24.5. The molecule has 1 amide bonds. The van der Waals surface area contributed by atoms with Gasteiger partial charge in [0.1, 0.15) is 5.75 Å². The summed E-state index contributed by atoms with van der Waals surface area (Å²) in [6, 6.07) is 7.79. The third-order valence-electron chi connectivity index (χ3n) is 3.47. The quantitative estimate of drug-likeness (QED) is 0.562. The van der Waals surface area contributed by atoms with Crippen molar-refractivity contribution in [3.05, 3.63) is 48.4 Å². The van der Waals surface area contributed by atoms with Gasteiger partial charge in [-0.3, -0.25) is 4.79 Å². The minimum Gasteiger partial charge on any atom is -0.497 e. The van der Waals surface area contributed by atoms with Crippen LogP contribution in [0.5, 0.6) is 5.75 Å². The van der Waals surface area contributed by atoms with Gasteiger partial charge in [0.15, 0.2) is 5.76 Å². The molecule has 0 aliphatic heterocycles. The Morgan fingerprint density at radius 1 is 1.15 bits per heavy atom. The summed E-state index contributed by atoms with van der Waals surface area (Å²) in [5.41, 5.74) is -3.62. The molecule has 27 heavy (non-hydrogen) atoms. The Bertz CT molecular complexity index is 775. The lowest BCUT2D eigenvalue weighted by Crippen LogP contribution is -2.69. The highest BCUT2D eigenvalue weighted by molar-refractivity contribution is 5.97. The van der Waals surface area contributed by atoms with Crippen molar-refractivity contribution in [2.24, 2.45) is 0 Å². The number of anilines is 1. The predicted octanol–water partition coefficient (Wildman–Crippen LogP) is 2.95. The van der Waals surface area contributed by atoms with Crippen LogP contribution in [-0.4, -0.2) is 37.4 Å². The van der Waals surface area contributed by atoms with Crippen LogP contribution in [-0.2, 0) is 9.53 Å². The minimum atomic E-state index is -5.23. The SMILES string of the molecule is CCOC(=O)[C@](NC(=O)c1ccco1)(Nc1ccc(OC)cc1)C(F)(F)F. The number of alkyl halides is 3. The number of halogens is 3. The van der Waals surface area contributed by atoms with E-state index >= 15 is 0 Å². The molecule has 10 heteroatoms. The molecule has 0 radical (unpaired) electrons. The van der Waals surface area contributed by atoms with Crippen LogP contribution in [0.3, 0.4) is 0 Å². The lowest BCUT2D eigenvalue weighted by molar-refractivity contribution is -0.204. The fourth-order valence-electron chi connectivity index (χ4n) is 2.16. The molecule has 0 fully saturated rings. The van der Waals surface area contributed by atoms with Gasteiger partial charge in [-0.25, -0.2) is 4.79 Å². The molecular formula is C17H17F3N2O5. The molecular weight excluding hydrogens is 369 g/mol. The number of rotatable bonds is 7. The summed E-state index contributed by atoms with van der Waals surface area (Å²) in [5, 5.41) is 3.69. The number of amides is 1. The van der Waals surface area contributed by atoms with Crippen LogP contribution in [0.15, 0.2) is 47.1 Å². The number of hydrogen-bond donors (Lipinski definition) is 2. The van der Waals surface area contributed by atoms with Gasteiger partial charge in [-0.2, -0.15) is 13.2 Å². The highest BCUT2D eigenvalue weighted by Gasteiger charge is 2.63. The van der Waals surface area contributed by atoms with Crippen molar-refractivity contribution in [3.8, 4) is 5.75 Å². The highest BCUT2D eigenvalue weighted by Crippen LogP contribution is 2.34. The van der Waals surface area contributed by atoms with E-state index < -0.39 is 29.5 Å². The Morgan fingerprint density at radius 2 is 1.81 bits per heavy atom. The van der Waals surface area contributed by atoms with E-state index in [9.17, 15) is 22.8 Å². The Kier molecular flexibility index (Phi) is 5.98. The maximum Gasteiger partial charge on any atom is 0.441 e. The number of carbonyl (C=O) groups is 2. The number of carbonyl (C=O) groups excluding carboxylic acids is 2. The fourth-order valence-corrected chi connectivity index (χ4v) is 2.16. The molecule has 0 aliphatic carbocycles. The van der Waals surface area contributed by atoms with Crippen molar-refractivity contribution in [2.45, 2.75) is 18.8 Å². The van der Waals surface area contributed by atoms with Crippen molar-refractivity contribution >= 4 is 17.6 Å². The van der Waals surface area contributed by atoms with E-state index in [1.54, 1.807) is 5.32 Å². The van der Waals surface area contributed by atoms with Crippen LogP contribution < -0.4 is 15.4 Å². The summed E-state index contributed by atoms with van der Waals surface area (Å²) in [5.74, 6) is -2.96. The van der Waals surface area contributed by atoms with Crippen LogP contribution in [0, 0.1) is 0 Å². The van der Waals surface area contributed by atoms with Crippen LogP contribution in [0.25, 0.3) is 0 Å². The Morgan fingerprint density at radius 3 is 2.30 bits per heavy atom. The first kappa shape index (κ1) is 20.1. The molecule has 0 spiro atoms. The molecule has 1 aromatic carbocycles. The van der Waals surface area contributed by atoms with Crippen LogP contribution >= 0.6 is 0 Å². The lowest BCUT2D eigenvalue weighted by Gasteiger charge is -2.35. The summed E-state index contributed by atoms with van der Waals surface area (Å²) in [7, 11) is 1.39. The molecule has 7 nitrogen and oxygen atoms in total. The zero-order valence-electron chi connectivity index (χ0n) is 14.4. The number of nitrogens with one attached hydrogen (secondary N) is 2. The third kappa shape index (κ3) is 4.33. The fraction of sp³-hybridized carbons (Fsp3) is 0.294. The number of ether oxygens (including phenoxy) is 2. The lowest BCUT2D eigenvalue weighted by atomic mass is 10.1. The molecule has 1 heterocycles. The Hall–Kier alpha value is -3.17. The van der Waals surface area contributed by atoms with Gasteiger partial charge >= 0.3 is 17.8 Å². The van der Waals surface area contributed by atoms with Gasteiger partial charge in [-0.05, 0) is 43.3 Å². The van der Waals surface area contributed by atoms with Gasteiger partial charge in [0.2, 0.25) is 0 Å². The molecule has 0 aliphatic rings. The molecule has 0 saturated heterocycles. The van der Waals surface area contributed by atoms with Crippen LogP contribution in [0.1, 0.15) is 17.5 Å². The van der Waals surface area contributed by atoms with Crippen LogP contribution in [0.4, 0.5) is 18.9 Å². The van der Waals surface area contributed by atoms with Gasteiger partial charge in [0.25, 0.3) is 5.91 Å². The van der Waals surface area contributed by atoms with Crippen molar-refractivity contribution < 1.29 is 36.7 Å². The van der Waals surface area contributed by atoms with Gasteiger partial charge in [0.05, 0.1) is 20.0 Å². The molecule has 146 valence electrons. The number of methoxy groups -OCH3 is 1. The van der Waals surface area contributed by atoms with Gasteiger partial charge in [0, 0.05) is 5.69 Å². The topological polar surface area (TPSA) is 89.8 Å². The maximum absolute atomic E-state index is 13.9. The van der Waals surface area contributed by atoms with Gasteiger partial charge in [-0.15, -0.1) is 0 Å². The van der Waals surface area contributed by atoms with E-state index in [0.29, 0.717) is 5.75 Å². The van der Waals surface area contributed by atoms with Crippen molar-refractivity contribution in [1.29, 1.82) is 0 Å². The average molecular weight is 386 g/mol. The maximum atomic E-state index is 13.9. The van der Waals surface area contributed by atoms with Gasteiger partial charge < -0.3 is 24.5 Å². The van der Waals surface area contributed by atoms with Gasteiger partial charge in [-0.1, -0.05) is 0 Å². The molecule has 1 aromatic heterocycles. The summed E-state index contributed by atoms with van der Waals surface area (Å²) in [6.45, 7) is 1.03. The standard InChI is InChI=1S/C17H17F3N2O5/c1-3-26-15(24)16(17(18,19)20,22-14(23)13-5-4-10-27-13)21-11-6-8-12(25-2)9-7-11/h4-10,21H,3H2,1-2H3,(H,22,23)/t16-/m1/s1. The van der Waals surface area contributed by atoms with E-state index in [1.807, 2.05) is 5.32 Å². The normalized spacial score (nSPS) is 13.4. The van der Waals surface area contributed by atoms with E-state index in [-0.39, 0.29) is 12.3 Å². The Balaban J connectivity index is 2.45. The molecule has 2 N–H and O–H groups in total. The summed E-state index contributed by atoms with van der Waals surface area (Å²) < 4.78 is 56.2. The van der Waals surface area contributed by atoms with Crippen molar-refractivity contribution in [1.82, 2.24) is 5.32 Å². The average Bonchev–Trinajstić information content (AvgIpc) is 3.15. The largest absolute Gasteiger partial charge is 0.497 e.